The molecule has 0 aromatic rings. The van der Waals surface area contributed by atoms with Crippen LogP contribution in [0.25, 0.3) is 0 Å². The fraction of sp³-hybridized carbons (Fsp3) is 1.00. The number of ether oxygens (including phenoxy) is 1. The van der Waals surface area contributed by atoms with Crippen molar-refractivity contribution in [2.24, 2.45) is 11.3 Å². The molecule has 2 aliphatic carbocycles. The summed E-state index contributed by atoms with van der Waals surface area (Å²) in [6.07, 6.45) is 8.33. The summed E-state index contributed by atoms with van der Waals surface area (Å²) in [6.45, 7) is 4.58. The van der Waals surface area contributed by atoms with E-state index in [2.05, 4.69) is 12.2 Å². The van der Waals surface area contributed by atoms with E-state index < -0.39 is 0 Å². The average molecular weight is 211 g/mol. The second-order valence-corrected chi connectivity index (χ2v) is 5.55. The molecule has 2 aliphatic rings. The van der Waals surface area contributed by atoms with Crippen LogP contribution in [0, 0.1) is 11.3 Å². The Labute approximate surface area is 93.8 Å². The largest absolute Gasteiger partial charge is 0.385 e. The lowest BCUT2D eigenvalue weighted by atomic mass is 9.60. The smallest absolute Gasteiger partial charge is 0.0465 e. The monoisotopic (exact) mass is 211 g/mol. The fourth-order valence-corrected chi connectivity index (χ4v) is 2.71. The predicted molar refractivity (Wildman–Crippen MR) is 63.0 cm³/mol. The van der Waals surface area contributed by atoms with Crippen LogP contribution in [0.15, 0.2) is 0 Å². The van der Waals surface area contributed by atoms with Crippen molar-refractivity contribution >= 4 is 0 Å². The minimum Gasteiger partial charge on any atom is -0.385 e. The van der Waals surface area contributed by atoms with Crippen molar-refractivity contribution in [1.29, 1.82) is 0 Å². The van der Waals surface area contributed by atoms with E-state index in [1.807, 2.05) is 7.11 Å². The van der Waals surface area contributed by atoms with Crippen LogP contribution in [0.4, 0.5) is 0 Å². The number of methoxy groups -OCH3 is 1. The van der Waals surface area contributed by atoms with Crippen molar-refractivity contribution in [3.8, 4) is 0 Å². The Morgan fingerprint density at radius 1 is 1.40 bits per heavy atom. The van der Waals surface area contributed by atoms with Crippen molar-refractivity contribution < 1.29 is 4.74 Å². The Kier molecular flexibility index (Phi) is 3.68. The lowest BCUT2D eigenvalue weighted by Gasteiger charge is -2.47. The molecule has 0 aromatic heterocycles. The Bertz CT molecular complexity index is 197. The predicted octanol–water partition coefficient (Wildman–Crippen LogP) is 2.58. The van der Waals surface area contributed by atoms with Gasteiger partial charge in [-0.2, -0.15) is 0 Å². The van der Waals surface area contributed by atoms with Crippen LogP contribution in [0.3, 0.4) is 0 Å². The van der Waals surface area contributed by atoms with Gasteiger partial charge in [-0.1, -0.05) is 13.3 Å². The van der Waals surface area contributed by atoms with E-state index in [1.54, 1.807) is 0 Å². The zero-order chi connectivity index (χ0) is 10.7. The minimum absolute atomic E-state index is 0.612. The van der Waals surface area contributed by atoms with Gasteiger partial charge in [0.1, 0.15) is 0 Å². The van der Waals surface area contributed by atoms with Gasteiger partial charge in [0.25, 0.3) is 0 Å². The van der Waals surface area contributed by atoms with Crippen LogP contribution >= 0.6 is 0 Å². The molecule has 2 heteroatoms. The van der Waals surface area contributed by atoms with Crippen LogP contribution in [0.1, 0.15) is 45.4 Å². The van der Waals surface area contributed by atoms with Gasteiger partial charge in [0.2, 0.25) is 0 Å². The van der Waals surface area contributed by atoms with Crippen molar-refractivity contribution in [3.63, 3.8) is 0 Å². The highest BCUT2D eigenvalue weighted by Gasteiger charge is 2.42. The van der Waals surface area contributed by atoms with Crippen LogP contribution in [0.2, 0.25) is 0 Å². The number of hydrogen-bond acceptors (Lipinski definition) is 2. The van der Waals surface area contributed by atoms with E-state index in [4.69, 9.17) is 4.74 Å². The highest BCUT2D eigenvalue weighted by atomic mass is 16.5. The minimum atomic E-state index is 0.612. The molecule has 0 aliphatic heterocycles. The number of hydrogen-bond donors (Lipinski definition) is 1. The molecule has 15 heavy (non-hydrogen) atoms. The molecular formula is C13H25NO. The van der Waals surface area contributed by atoms with E-state index >= 15 is 0 Å². The molecule has 2 saturated carbocycles. The second-order valence-electron chi connectivity index (χ2n) is 5.55. The first kappa shape index (κ1) is 11.4. The lowest BCUT2D eigenvalue weighted by molar-refractivity contribution is 0.0369. The SMILES string of the molecule is COCCC(C)C1(CNC2CC2)CCC1. The molecule has 2 fully saturated rings. The summed E-state index contributed by atoms with van der Waals surface area (Å²) < 4.78 is 5.19. The molecule has 0 spiro atoms. The van der Waals surface area contributed by atoms with Crippen LogP contribution in [0.5, 0.6) is 0 Å². The maximum atomic E-state index is 5.19. The Balaban J connectivity index is 1.76. The van der Waals surface area contributed by atoms with E-state index in [0.29, 0.717) is 5.41 Å². The normalized spacial score (nSPS) is 26.0. The molecule has 0 saturated heterocycles. The Morgan fingerprint density at radius 2 is 2.13 bits per heavy atom. The zero-order valence-electron chi connectivity index (χ0n) is 10.2. The van der Waals surface area contributed by atoms with Gasteiger partial charge in [-0.25, -0.2) is 0 Å². The van der Waals surface area contributed by atoms with Gasteiger partial charge in [-0.15, -0.1) is 0 Å². The first-order valence-electron chi connectivity index (χ1n) is 6.49. The van der Waals surface area contributed by atoms with E-state index in [9.17, 15) is 0 Å². The summed E-state index contributed by atoms with van der Waals surface area (Å²) in [5, 5.41) is 3.72. The lowest BCUT2D eigenvalue weighted by Crippen LogP contribution is -2.45. The maximum absolute atomic E-state index is 5.19. The van der Waals surface area contributed by atoms with Gasteiger partial charge in [-0.05, 0) is 43.4 Å². The molecule has 0 radical (unpaired) electrons. The van der Waals surface area contributed by atoms with Gasteiger partial charge < -0.3 is 10.1 Å². The summed E-state index contributed by atoms with van der Waals surface area (Å²) in [4.78, 5) is 0. The van der Waals surface area contributed by atoms with Gasteiger partial charge in [-0.3, -0.25) is 0 Å². The maximum Gasteiger partial charge on any atom is 0.0465 e. The van der Waals surface area contributed by atoms with E-state index in [0.717, 1.165) is 18.6 Å². The first-order valence-corrected chi connectivity index (χ1v) is 6.49. The molecule has 0 bridgehead atoms. The van der Waals surface area contributed by atoms with Gasteiger partial charge in [0.05, 0.1) is 0 Å². The second kappa shape index (κ2) is 4.84. The van der Waals surface area contributed by atoms with Crippen LogP contribution in [-0.4, -0.2) is 26.3 Å². The topological polar surface area (TPSA) is 21.3 Å². The highest BCUT2D eigenvalue weighted by Crippen LogP contribution is 2.48. The molecule has 1 N–H and O–H groups in total. The molecule has 0 heterocycles. The molecule has 2 nitrogen and oxygen atoms in total. The number of nitrogens with one attached hydrogen (secondary N) is 1. The molecule has 1 unspecified atom stereocenters. The van der Waals surface area contributed by atoms with Crippen molar-refractivity contribution in [2.75, 3.05) is 20.3 Å². The third kappa shape index (κ3) is 2.73. The third-order valence-corrected chi connectivity index (χ3v) is 4.47. The average Bonchev–Trinajstić information content (AvgIpc) is 2.96. The third-order valence-electron chi connectivity index (χ3n) is 4.47. The van der Waals surface area contributed by atoms with Gasteiger partial charge >= 0.3 is 0 Å². The van der Waals surface area contributed by atoms with Crippen molar-refractivity contribution in [2.45, 2.75) is 51.5 Å². The molecule has 0 aromatic carbocycles. The molecule has 0 amide bonds. The number of rotatable bonds is 7. The van der Waals surface area contributed by atoms with E-state index in [-0.39, 0.29) is 0 Å². The van der Waals surface area contributed by atoms with Crippen LogP contribution < -0.4 is 5.32 Å². The molecule has 2 rings (SSSR count). The summed E-state index contributed by atoms with van der Waals surface area (Å²) in [7, 11) is 1.81. The Hall–Kier alpha value is -0.0800. The van der Waals surface area contributed by atoms with Gasteiger partial charge in [0, 0.05) is 26.3 Å². The highest BCUT2D eigenvalue weighted by molar-refractivity contribution is 4.95. The standard InChI is InChI=1S/C13H25NO/c1-11(6-9-15-2)13(7-3-8-13)10-14-12-4-5-12/h11-12,14H,3-10H2,1-2H3. The van der Waals surface area contributed by atoms with E-state index in [1.165, 1.54) is 45.1 Å². The first-order chi connectivity index (χ1) is 7.27. The summed E-state index contributed by atoms with van der Waals surface area (Å²) >= 11 is 0. The van der Waals surface area contributed by atoms with Crippen LogP contribution in [-0.2, 0) is 4.74 Å². The quantitative estimate of drug-likeness (QED) is 0.699. The molecular weight excluding hydrogens is 186 g/mol. The summed E-state index contributed by atoms with van der Waals surface area (Å²) in [6, 6.07) is 0.858. The fourth-order valence-electron chi connectivity index (χ4n) is 2.71. The van der Waals surface area contributed by atoms with Crippen molar-refractivity contribution in [1.82, 2.24) is 5.32 Å². The Morgan fingerprint density at radius 3 is 2.60 bits per heavy atom. The summed E-state index contributed by atoms with van der Waals surface area (Å²) in [5.41, 5.74) is 0.612. The summed E-state index contributed by atoms with van der Waals surface area (Å²) in [5.74, 6) is 0.817. The van der Waals surface area contributed by atoms with Crippen molar-refractivity contribution in [3.05, 3.63) is 0 Å². The zero-order valence-corrected chi connectivity index (χ0v) is 10.2. The van der Waals surface area contributed by atoms with Gasteiger partial charge in [0.15, 0.2) is 0 Å². The molecule has 1 atom stereocenters. The molecule has 88 valence electrons.